The Morgan fingerprint density at radius 3 is 2.17 bits per heavy atom. The van der Waals surface area contributed by atoms with Crippen LogP contribution in [-0.2, 0) is 28.7 Å². The fraction of sp³-hybridized carbons (Fsp3) is 0.350. The first-order valence-electron chi connectivity index (χ1n) is 9.04. The number of nitrogens with one attached hydrogen (secondary N) is 1. The molecule has 0 radical (unpaired) electrons. The fourth-order valence-corrected chi connectivity index (χ4v) is 3.35. The minimum atomic E-state index is -0.838. The summed E-state index contributed by atoms with van der Waals surface area (Å²) in [6.07, 6.45) is 4.68. The van der Waals surface area contributed by atoms with E-state index in [1.54, 1.807) is 0 Å². The summed E-state index contributed by atoms with van der Waals surface area (Å²) in [6, 6.07) is 5.96. The number of likely N-dealkylation sites (tertiary alicyclic amines) is 1. The average molecular weight is 400 g/mol. The number of imide groups is 1. The highest BCUT2D eigenvalue weighted by Gasteiger charge is 2.47. The van der Waals surface area contributed by atoms with E-state index in [1.807, 2.05) is 12.2 Å². The number of nitrogens with zero attached hydrogens (tertiary/aromatic N) is 1. The smallest absolute Gasteiger partial charge is 0.337 e. The molecule has 3 rings (SSSR count). The summed E-state index contributed by atoms with van der Waals surface area (Å²) in [7, 11) is 1.26. The molecule has 0 bridgehead atoms. The summed E-state index contributed by atoms with van der Waals surface area (Å²) >= 11 is 0. The SMILES string of the molecule is COC(=O)c1ccc(NC(=O)COC(=O)CN2C(=O)[C@@H]3CC=CC[C@H]3C2=O)cc1. The molecule has 0 aromatic heterocycles. The molecule has 1 heterocycles. The third-order valence-electron chi connectivity index (χ3n) is 4.84. The van der Waals surface area contributed by atoms with Gasteiger partial charge in [0.05, 0.1) is 24.5 Å². The van der Waals surface area contributed by atoms with Crippen molar-refractivity contribution >= 4 is 35.3 Å². The number of carbonyl (C=O) groups excluding carboxylic acids is 5. The summed E-state index contributed by atoms with van der Waals surface area (Å²) in [5, 5.41) is 2.51. The molecule has 29 heavy (non-hydrogen) atoms. The molecule has 1 aliphatic carbocycles. The number of hydrogen-bond donors (Lipinski definition) is 1. The van der Waals surface area contributed by atoms with Gasteiger partial charge in [-0.25, -0.2) is 4.79 Å². The molecule has 1 aromatic rings. The van der Waals surface area contributed by atoms with Gasteiger partial charge < -0.3 is 14.8 Å². The van der Waals surface area contributed by atoms with Gasteiger partial charge in [-0.1, -0.05) is 12.2 Å². The van der Waals surface area contributed by atoms with E-state index >= 15 is 0 Å². The Bertz CT molecular complexity index is 849. The van der Waals surface area contributed by atoms with E-state index < -0.39 is 42.8 Å². The van der Waals surface area contributed by atoms with E-state index in [1.165, 1.54) is 31.4 Å². The van der Waals surface area contributed by atoms with Crippen LogP contribution in [0.3, 0.4) is 0 Å². The van der Waals surface area contributed by atoms with Crippen LogP contribution in [-0.4, -0.2) is 54.8 Å². The Morgan fingerprint density at radius 2 is 1.62 bits per heavy atom. The molecule has 1 fully saturated rings. The van der Waals surface area contributed by atoms with Crippen LogP contribution in [0.4, 0.5) is 5.69 Å². The number of allylic oxidation sites excluding steroid dienone is 2. The van der Waals surface area contributed by atoms with Gasteiger partial charge in [0.25, 0.3) is 5.91 Å². The number of amides is 3. The lowest BCUT2D eigenvalue weighted by molar-refractivity contribution is -0.154. The van der Waals surface area contributed by atoms with Crippen molar-refractivity contribution in [3.63, 3.8) is 0 Å². The van der Waals surface area contributed by atoms with Gasteiger partial charge in [0, 0.05) is 5.69 Å². The van der Waals surface area contributed by atoms with Crippen LogP contribution in [0.15, 0.2) is 36.4 Å². The quantitative estimate of drug-likeness (QED) is 0.428. The van der Waals surface area contributed by atoms with E-state index in [0.717, 1.165) is 4.90 Å². The second-order valence-electron chi connectivity index (χ2n) is 6.70. The first-order valence-corrected chi connectivity index (χ1v) is 9.04. The zero-order valence-corrected chi connectivity index (χ0v) is 15.8. The maximum Gasteiger partial charge on any atom is 0.337 e. The van der Waals surface area contributed by atoms with Gasteiger partial charge in [0.1, 0.15) is 6.54 Å². The van der Waals surface area contributed by atoms with E-state index in [2.05, 4.69) is 10.1 Å². The summed E-state index contributed by atoms with van der Waals surface area (Å²) in [5.41, 5.74) is 0.729. The van der Waals surface area contributed by atoms with Crippen molar-refractivity contribution in [1.82, 2.24) is 4.90 Å². The van der Waals surface area contributed by atoms with Crippen LogP contribution in [0.2, 0.25) is 0 Å². The predicted molar refractivity (Wildman–Crippen MR) is 99.4 cm³/mol. The molecule has 0 spiro atoms. The zero-order chi connectivity index (χ0) is 21.0. The number of rotatable bonds is 6. The molecule has 1 saturated heterocycles. The predicted octanol–water partition coefficient (Wildman–Crippen LogP) is 0.906. The highest BCUT2D eigenvalue weighted by Crippen LogP contribution is 2.34. The molecule has 1 N–H and O–H groups in total. The number of esters is 2. The molecule has 2 aliphatic rings. The molecule has 0 saturated carbocycles. The Kier molecular flexibility index (Phi) is 6.06. The zero-order valence-electron chi connectivity index (χ0n) is 15.8. The maximum atomic E-state index is 12.3. The summed E-state index contributed by atoms with van der Waals surface area (Å²) in [5.74, 6) is -3.53. The molecule has 9 nitrogen and oxygen atoms in total. The highest BCUT2D eigenvalue weighted by atomic mass is 16.5. The molecule has 2 atom stereocenters. The van der Waals surface area contributed by atoms with Gasteiger partial charge >= 0.3 is 11.9 Å². The number of benzene rings is 1. The number of anilines is 1. The van der Waals surface area contributed by atoms with E-state index in [9.17, 15) is 24.0 Å². The molecule has 1 aromatic carbocycles. The van der Waals surface area contributed by atoms with Crippen LogP contribution in [0, 0.1) is 11.8 Å². The fourth-order valence-electron chi connectivity index (χ4n) is 3.35. The van der Waals surface area contributed by atoms with E-state index in [4.69, 9.17) is 4.74 Å². The van der Waals surface area contributed by atoms with Crippen molar-refractivity contribution < 1.29 is 33.4 Å². The minimum absolute atomic E-state index is 0.327. The van der Waals surface area contributed by atoms with Crippen molar-refractivity contribution in [2.45, 2.75) is 12.8 Å². The van der Waals surface area contributed by atoms with Crippen LogP contribution in [0.25, 0.3) is 0 Å². The van der Waals surface area contributed by atoms with Gasteiger partial charge in [0.2, 0.25) is 11.8 Å². The third kappa shape index (κ3) is 4.50. The molecule has 152 valence electrons. The lowest BCUT2D eigenvalue weighted by Crippen LogP contribution is -2.37. The molecule has 0 unspecified atom stereocenters. The topological polar surface area (TPSA) is 119 Å². The lowest BCUT2D eigenvalue weighted by Gasteiger charge is -2.14. The second-order valence-corrected chi connectivity index (χ2v) is 6.70. The molecule has 3 amide bonds. The maximum absolute atomic E-state index is 12.3. The summed E-state index contributed by atoms with van der Waals surface area (Å²) in [4.78, 5) is 60.8. The first kappa shape index (κ1) is 20.2. The molecule has 9 heteroatoms. The van der Waals surface area contributed by atoms with Gasteiger partial charge in [-0.2, -0.15) is 0 Å². The Balaban J connectivity index is 1.47. The largest absolute Gasteiger partial charge is 0.465 e. The normalized spacial score (nSPS) is 20.2. The van der Waals surface area contributed by atoms with Crippen molar-refractivity contribution in [1.29, 1.82) is 0 Å². The lowest BCUT2D eigenvalue weighted by atomic mass is 9.85. The average Bonchev–Trinajstić information content (AvgIpc) is 2.97. The number of fused-ring (bicyclic) bond motifs is 1. The van der Waals surface area contributed by atoms with Crippen LogP contribution < -0.4 is 5.32 Å². The van der Waals surface area contributed by atoms with E-state index in [-0.39, 0.29) is 11.8 Å². The van der Waals surface area contributed by atoms with E-state index in [0.29, 0.717) is 24.1 Å². The third-order valence-corrected chi connectivity index (χ3v) is 4.84. The van der Waals surface area contributed by atoms with Gasteiger partial charge in [0.15, 0.2) is 6.61 Å². The number of carbonyl (C=O) groups is 5. The summed E-state index contributed by atoms with van der Waals surface area (Å²) < 4.78 is 9.46. The van der Waals surface area contributed by atoms with Crippen LogP contribution in [0.1, 0.15) is 23.2 Å². The van der Waals surface area contributed by atoms with Crippen molar-refractivity contribution in [3.8, 4) is 0 Å². The standard InChI is InChI=1S/C20H20N2O7/c1-28-20(27)12-6-8-13(9-7-12)21-16(23)11-29-17(24)10-22-18(25)14-4-2-3-5-15(14)19(22)26/h2-3,6-9,14-15H,4-5,10-11H2,1H3,(H,21,23)/t14-,15-/m1/s1. The summed E-state index contributed by atoms with van der Waals surface area (Å²) in [6.45, 7) is -1.08. The number of hydrogen-bond acceptors (Lipinski definition) is 7. The van der Waals surface area contributed by atoms with Gasteiger partial charge in [-0.05, 0) is 37.1 Å². The first-order chi connectivity index (χ1) is 13.9. The Morgan fingerprint density at radius 1 is 1.03 bits per heavy atom. The van der Waals surface area contributed by atoms with Crippen LogP contribution >= 0.6 is 0 Å². The minimum Gasteiger partial charge on any atom is -0.465 e. The van der Waals surface area contributed by atoms with Crippen LogP contribution in [0.5, 0.6) is 0 Å². The Hall–Kier alpha value is -3.49. The van der Waals surface area contributed by atoms with Gasteiger partial charge in [-0.15, -0.1) is 0 Å². The molecular weight excluding hydrogens is 380 g/mol. The second kappa shape index (κ2) is 8.68. The van der Waals surface area contributed by atoms with Crippen molar-refractivity contribution in [2.75, 3.05) is 25.6 Å². The van der Waals surface area contributed by atoms with Crippen molar-refractivity contribution in [2.24, 2.45) is 11.8 Å². The molecular formula is C20H20N2O7. The highest BCUT2D eigenvalue weighted by molar-refractivity contribution is 6.07. The number of ether oxygens (including phenoxy) is 2. The monoisotopic (exact) mass is 400 g/mol. The Labute approximate surface area is 166 Å². The van der Waals surface area contributed by atoms with Gasteiger partial charge in [-0.3, -0.25) is 24.1 Å². The molecule has 1 aliphatic heterocycles. The van der Waals surface area contributed by atoms with Crippen molar-refractivity contribution in [3.05, 3.63) is 42.0 Å². The number of methoxy groups -OCH3 is 1.